The molecule has 0 unspecified atom stereocenters. The second-order valence-electron chi connectivity index (χ2n) is 8.04. The number of benzene rings is 2. The summed E-state index contributed by atoms with van der Waals surface area (Å²) in [5.41, 5.74) is 3.35. The third-order valence-electron chi connectivity index (χ3n) is 5.50. The van der Waals surface area contributed by atoms with E-state index in [1.54, 1.807) is 48.9 Å². The fourth-order valence-electron chi connectivity index (χ4n) is 3.62. The van der Waals surface area contributed by atoms with Crippen molar-refractivity contribution >= 4 is 17.3 Å². The molecular formula is C25H23FN4O5. The fraction of sp³-hybridized carbons (Fsp3) is 0.200. The van der Waals surface area contributed by atoms with E-state index < -0.39 is 10.8 Å². The van der Waals surface area contributed by atoms with Crippen LogP contribution in [0.3, 0.4) is 0 Å². The van der Waals surface area contributed by atoms with Gasteiger partial charge in [0.05, 0.1) is 28.5 Å². The highest BCUT2D eigenvalue weighted by atomic mass is 19.1. The Labute approximate surface area is 200 Å². The number of carbonyl (C=O) groups excluding carboxylic acids is 1. The van der Waals surface area contributed by atoms with Gasteiger partial charge in [-0.25, -0.2) is 4.39 Å². The van der Waals surface area contributed by atoms with Gasteiger partial charge in [0, 0.05) is 11.6 Å². The minimum Gasteiger partial charge on any atom is -0.486 e. The van der Waals surface area contributed by atoms with E-state index in [-0.39, 0.29) is 23.9 Å². The molecule has 0 aliphatic heterocycles. The highest BCUT2D eigenvalue weighted by Crippen LogP contribution is 2.25. The maximum Gasteiger partial charge on any atom is 0.291 e. The summed E-state index contributed by atoms with van der Waals surface area (Å²) in [7, 11) is 0. The topological polar surface area (TPSA) is 112 Å². The van der Waals surface area contributed by atoms with Crippen LogP contribution in [0.15, 0.2) is 59.0 Å². The molecule has 0 aliphatic rings. The number of nitrogens with one attached hydrogen (secondary N) is 1. The van der Waals surface area contributed by atoms with Gasteiger partial charge in [-0.05, 0) is 62.7 Å². The fourth-order valence-corrected chi connectivity index (χ4v) is 3.62. The van der Waals surface area contributed by atoms with E-state index in [0.29, 0.717) is 35.0 Å². The molecule has 4 aromatic rings. The number of nitro groups is 1. The van der Waals surface area contributed by atoms with Gasteiger partial charge >= 0.3 is 0 Å². The van der Waals surface area contributed by atoms with Gasteiger partial charge in [0.15, 0.2) is 5.76 Å². The molecule has 0 spiro atoms. The molecule has 10 heteroatoms. The van der Waals surface area contributed by atoms with Crippen LogP contribution in [0.25, 0.3) is 0 Å². The lowest BCUT2D eigenvalue weighted by Gasteiger charge is -2.07. The number of hydrogen-bond donors (Lipinski definition) is 1. The molecule has 0 fully saturated rings. The predicted molar refractivity (Wildman–Crippen MR) is 126 cm³/mol. The molecule has 0 radical (unpaired) electrons. The van der Waals surface area contributed by atoms with Gasteiger partial charge in [-0.3, -0.25) is 19.6 Å². The average Bonchev–Trinajstić information content (AvgIpc) is 3.39. The zero-order chi connectivity index (χ0) is 25.1. The molecule has 180 valence electrons. The number of halogens is 1. The van der Waals surface area contributed by atoms with Crippen molar-refractivity contribution in [2.24, 2.45) is 0 Å². The maximum atomic E-state index is 13.2. The summed E-state index contributed by atoms with van der Waals surface area (Å²) in [5.74, 6) is 0.242. The molecule has 9 nitrogen and oxygen atoms in total. The summed E-state index contributed by atoms with van der Waals surface area (Å²) in [4.78, 5) is 23.3. The number of aryl methyl sites for hydroxylation is 2. The van der Waals surface area contributed by atoms with E-state index in [1.165, 1.54) is 24.3 Å². The van der Waals surface area contributed by atoms with Crippen LogP contribution < -0.4 is 10.1 Å². The molecule has 2 heterocycles. The molecule has 0 saturated carbocycles. The molecule has 4 rings (SSSR count). The quantitative estimate of drug-likeness (QED) is 0.271. The molecule has 0 aliphatic carbocycles. The molecule has 2 aromatic heterocycles. The van der Waals surface area contributed by atoms with Crippen molar-refractivity contribution in [3.63, 3.8) is 0 Å². The van der Waals surface area contributed by atoms with Gasteiger partial charge < -0.3 is 14.5 Å². The SMILES string of the molecule is Cc1cc(OCc2ccc(C(=O)Nc3c(C)nn(Cc4ccc(F)cc4)c3C)o2)ccc1[N+](=O)[O-]. The smallest absolute Gasteiger partial charge is 0.291 e. The van der Waals surface area contributed by atoms with Crippen molar-refractivity contribution in [2.75, 3.05) is 5.32 Å². The van der Waals surface area contributed by atoms with E-state index in [1.807, 2.05) is 6.92 Å². The molecule has 0 atom stereocenters. The Hall–Kier alpha value is -4.47. The van der Waals surface area contributed by atoms with E-state index in [9.17, 15) is 19.3 Å². The van der Waals surface area contributed by atoms with Gasteiger partial charge in [0.2, 0.25) is 0 Å². The van der Waals surface area contributed by atoms with Crippen LogP contribution in [0.4, 0.5) is 15.8 Å². The second kappa shape index (κ2) is 9.80. The molecule has 0 saturated heterocycles. The summed E-state index contributed by atoms with van der Waals surface area (Å²) >= 11 is 0. The molecule has 0 bridgehead atoms. The number of nitro benzene ring substituents is 1. The standard InChI is InChI=1S/C25H23FN4O5/c1-15-12-20(8-10-22(15)30(32)33)34-14-21-9-11-23(35-21)25(31)27-24-16(2)28-29(17(24)3)13-18-4-6-19(26)7-5-18/h4-12H,13-14H2,1-3H3,(H,27,31). The first-order valence-corrected chi connectivity index (χ1v) is 10.8. The lowest BCUT2D eigenvalue weighted by molar-refractivity contribution is -0.385. The van der Waals surface area contributed by atoms with Crippen molar-refractivity contribution in [1.29, 1.82) is 0 Å². The number of carbonyl (C=O) groups is 1. The number of amides is 1. The van der Waals surface area contributed by atoms with Crippen LogP contribution in [0.2, 0.25) is 0 Å². The number of rotatable bonds is 8. The Bertz CT molecular complexity index is 1390. The lowest BCUT2D eigenvalue weighted by Crippen LogP contribution is -2.12. The first-order chi connectivity index (χ1) is 16.7. The lowest BCUT2D eigenvalue weighted by atomic mass is 10.2. The van der Waals surface area contributed by atoms with E-state index >= 15 is 0 Å². The molecular weight excluding hydrogens is 455 g/mol. The number of hydrogen-bond acceptors (Lipinski definition) is 6. The summed E-state index contributed by atoms with van der Waals surface area (Å²) < 4.78 is 26.2. The van der Waals surface area contributed by atoms with Crippen molar-refractivity contribution in [2.45, 2.75) is 33.9 Å². The molecule has 1 N–H and O–H groups in total. The highest BCUT2D eigenvalue weighted by Gasteiger charge is 2.18. The summed E-state index contributed by atoms with van der Waals surface area (Å²) in [5, 5.41) is 18.3. The minimum atomic E-state index is -0.452. The molecule has 2 aromatic carbocycles. The Morgan fingerprint density at radius 1 is 1.14 bits per heavy atom. The number of ether oxygens (including phenoxy) is 1. The Morgan fingerprint density at radius 3 is 2.57 bits per heavy atom. The predicted octanol–water partition coefficient (Wildman–Crippen LogP) is 5.33. The molecule has 1 amide bonds. The summed E-state index contributed by atoms with van der Waals surface area (Å²) in [6.07, 6.45) is 0. The molecule has 35 heavy (non-hydrogen) atoms. The van der Waals surface area contributed by atoms with Crippen molar-refractivity contribution in [3.8, 4) is 5.75 Å². The number of aromatic nitrogens is 2. The van der Waals surface area contributed by atoms with Crippen LogP contribution in [-0.2, 0) is 13.2 Å². The number of nitrogens with zero attached hydrogens (tertiary/aromatic N) is 3. The third-order valence-corrected chi connectivity index (χ3v) is 5.50. The maximum absolute atomic E-state index is 13.2. The van der Waals surface area contributed by atoms with Crippen molar-refractivity contribution in [3.05, 3.63) is 105 Å². The Kier molecular flexibility index (Phi) is 6.63. The number of anilines is 1. The zero-order valence-electron chi connectivity index (χ0n) is 19.4. The monoisotopic (exact) mass is 478 g/mol. The zero-order valence-corrected chi connectivity index (χ0v) is 19.4. The third kappa shape index (κ3) is 5.37. The average molecular weight is 478 g/mol. The second-order valence-corrected chi connectivity index (χ2v) is 8.04. The van der Waals surface area contributed by atoms with Gasteiger partial charge in [-0.15, -0.1) is 0 Å². The van der Waals surface area contributed by atoms with Crippen LogP contribution in [0, 0.1) is 36.7 Å². The van der Waals surface area contributed by atoms with Crippen molar-refractivity contribution < 1.29 is 23.3 Å². The number of furan rings is 1. The Balaban J connectivity index is 1.40. The van der Waals surface area contributed by atoms with Crippen LogP contribution in [-0.4, -0.2) is 20.6 Å². The van der Waals surface area contributed by atoms with E-state index in [2.05, 4.69) is 10.4 Å². The highest BCUT2D eigenvalue weighted by molar-refractivity contribution is 6.02. The summed E-state index contributed by atoms with van der Waals surface area (Å²) in [6.45, 7) is 5.75. The van der Waals surface area contributed by atoms with E-state index in [0.717, 1.165) is 11.3 Å². The van der Waals surface area contributed by atoms with Gasteiger partial charge in [-0.1, -0.05) is 12.1 Å². The van der Waals surface area contributed by atoms with E-state index in [4.69, 9.17) is 9.15 Å². The largest absolute Gasteiger partial charge is 0.486 e. The van der Waals surface area contributed by atoms with Crippen LogP contribution in [0.1, 0.15) is 38.8 Å². The Morgan fingerprint density at radius 2 is 1.89 bits per heavy atom. The van der Waals surface area contributed by atoms with Gasteiger partial charge in [0.25, 0.3) is 11.6 Å². The minimum absolute atomic E-state index is 0.0147. The summed E-state index contributed by atoms with van der Waals surface area (Å²) in [6, 6.07) is 13.8. The van der Waals surface area contributed by atoms with Gasteiger partial charge in [-0.2, -0.15) is 5.10 Å². The first-order valence-electron chi connectivity index (χ1n) is 10.8. The normalized spacial score (nSPS) is 10.9. The van der Waals surface area contributed by atoms with Crippen LogP contribution >= 0.6 is 0 Å². The van der Waals surface area contributed by atoms with Crippen LogP contribution in [0.5, 0.6) is 5.75 Å². The van der Waals surface area contributed by atoms with Crippen molar-refractivity contribution in [1.82, 2.24) is 9.78 Å². The van der Waals surface area contributed by atoms with Gasteiger partial charge in [0.1, 0.15) is 23.9 Å². The first kappa shape index (κ1) is 23.7.